The molecule has 1 amide bonds. The van der Waals surface area contributed by atoms with E-state index in [1.54, 1.807) is 11.0 Å². The van der Waals surface area contributed by atoms with Crippen molar-refractivity contribution in [2.24, 2.45) is 0 Å². The predicted octanol–water partition coefficient (Wildman–Crippen LogP) is 2.37. The molecule has 1 saturated heterocycles. The Morgan fingerprint density at radius 1 is 1.17 bits per heavy atom. The predicted molar refractivity (Wildman–Crippen MR) is 93.1 cm³/mol. The monoisotopic (exact) mass is 338 g/mol. The van der Waals surface area contributed by atoms with E-state index in [9.17, 15) is 13.2 Å². The number of anilines is 1. The van der Waals surface area contributed by atoms with E-state index in [0.717, 1.165) is 37.8 Å². The molecular formula is C17H26N2O3S. The van der Waals surface area contributed by atoms with Crippen LogP contribution in [0.5, 0.6) is 0 Å². The molecule has 0 atom stereocenters. The lowest BCUT2D eigenvalue weighted by molar-refractivity contribution is -0.128. The summed E-state index contributed by atoms with van der Waals surface area (Å²) in [6, 6.07) is 7.41. The molecule has 5 nitrogen and oxygen atoms in total. The zero-order chi connectivity index (χ0) is 17.3. The van der Waals surface area contributed by atoms with Gasteiger partial charge >= 0.3 is 0 Å². The minimum Gasteiger partial charge on any atom is -0.341 e. The number of rotatable bonds is 4. The van der Waals surface area contributed by atoms with Gasteiger partial charge in [-0.1, -0.05) is 39.0 Å². The number of sulfonamides is 1. The average Bonchev–Trinajstić information content (AvgIpc) is 2.96. The summed E-state index contributed by atoms with van der Waals surface area (Å²) in [5, 5.41) is 0. The van der Waals surface area contributed by atoms with Gasteiger partial charge in [-0.05, 0) is 29.9 Å². The molecule has 1 aliphatic heterocycles. The van der Waals surface area contributed by atoms with Crippen LogP contribution in [0.3, 0.4) is 0 Å². The van der Waals surface area contributed by atoms with Crippen molar-refractivity contribution in [3.63, 3.8) is 0 Å². The van der Waals surface area contributed by atoms with E-state index in [-0.39, 0.29) is 17.9 Å². The van der Waals surface area contributed by atoms with Gasteiger partial charge in [-0.25, -0.2) is 8.42 Å². The first-order chi connectivity index (χ1) is 10.6. The van der Waals surface area contributed by atoms with E-state index in [4.69, 9.17) is 0 Å². The lowest BCUT2D eigenvalue weighted by Crippen LogP contribution is -2.42. The molecule has 6 heteroatoms. The number of nitrogens with zero attached hydrogens (tertiary/aromatic N) is 2. The van der Waals surface area contributed by atoms with Gasteiger partial charge in [0.05, 0.1) is 11.9 Å². The minimum atomic E-state index is -3.54. The van der Waals surface area contributed by atoms with Crippen molar-refractivity contribution in [2.45, 2.75) is 39.0 Å². The first-order valence-electron chi connectivity index (χ1n) is 7.96. The standard InChI is InChI=1S/C17H26N2O3S/c1-17(2,3)14-9-5-6-10-15(14)19(23(4,21)22)13-16(20)18-11-7-8-12-18/h5-6,9-10H,7-8,11-13H2,1-4H3. The Balaban J connectivity index is 2.39. The quantitative estimate of drug-likeness (QED) is 0.847. The fourth-order valence-electron chi connectivity index (χ4n) is 2.90. The van der Waals surface area contributed by atoms with Gasteiger partial charge in [0.25, 0.3) is 0 Å². The zero-order valence-corrected chi connectivity index (χ0v) is 15.2. The van der Waals surface area contributed by atoms with E-state index in [0.29, 0.717) is 5.69 Å². The van der Waals surface area contributed by atoms with Gasteiger partial charge in [-0.2, -0.15) is 0 Å². The summed E-state index contributed by atoms with van der Waals surface area (Å²) in [4.78, 5) is 14.2. The summed E-state index contributed by atoms with van der Waals surface area (Å²) in [6.07, 6.45) is 3.14. The van der Waals surface area contributed by atoms with Crippen LogP contribution in [0, 0.1) is 0 Å². The molecule has 0 unspecified atom stereocenters. The molecule has 0 N–H and O–H groups in total. The van der Waals surface area contributed by atoms with E-state index in [1.807, 2.05) is 39.0 Å². The normalized spacial score (nSPS) is 15.7. The second kappa shape index (κ2) is 6.51. The Hall–Kier alpha value is -1.56. The molecule has 2 rings (SSSR count). The van der Waals surface area contributed by atoms with Crippen LogP contribution < -0.4 is 4.31 Å². The van der Waals surface area contributed by atoms with E-state index in [1.165, 1.54) is 4.31 Å². The maximum absolute atomic E-state index is 12.5. The van der Waals surface area contributed by atoms with Gasteiger partial charge in [-0.15, -0.1) is 0 Å². The number of benzene rings is 1. The number of hydrogen-bond donors (Lipinski definition) is 0. The van der Waals surface area contributed by atoms with Crippen LogP contribution in [0.15, 0.2) is 24.3 Å². The molecule has 128 valence electrons. The van der Waals surface area contributed by atoms with Crippen LogP contribution in [-0.2, 0) is 20.2 Å². The van der Waals surface area contributed by atoms with Crippen molar-refractivity contribution in [3.05, 3.63) is 29.8 Å². The molecule has 0 radical (unpaired) electrons. The fraction of sp³-hybridized carbons (Fsp3) is 0.588. The van der Waals surface area contributed by atoms with Gasteiger partial charge in [0, 0.05) is 13.1 Å². The molecule has 0 spiro atoms. The van der Waals surface area contributed by atoms with Crippen molar-refractivity contribution >= 4 is 21.6 Å². The summed E-state index contributed by atoms with van der Waals surface area (Å²) in [7, 11) is -3.54. The van der Waals surface area contributed by atoms with Crippen LogP contribution >= 0.6 is 0 Å². The number of para-hydroxylation sites is 1. The summed E-state index contributed by atoms with van der Waals surface area (Å²) in [6.45, 7) is 7.42. The Morgan fingerprint density at radius 3 is 2.26 bits per heavy atom. The number of amides is 1. The lowest BCUT2D eigenvalue weighted by atomic mass is 9.86. The third kappa shape index (κ3) is 4.25. The number of likely N-dealkylation sites (tertiary alicyclic amines) is 1. The molecule has 1 heterocycles. The first-order valence-corrected chi connectivity index (χ1v) is 9.80. The summed E-state index contributed by atoms with van der Waals surface area (Å²) in [5.74, 6) is -0.128. The van der Waals surface area contributed by atoms with E-state index in [2.05, 4.69) is 0 Å². The van der Waals surface area contributed by atoms with Crippen LogP contribution in [0.1, 0.15) is 39.2 Å². The maximum Gasteiger partial charge on any atom is 0.243 e. The van der Waals surface area contributed by atoms with Gasteiger partial charge < -0.3 is 4.90 Å². The SMILES string of the molecule is CC(C)(C)c1ccccc1N(CC(=O)N1CCCC1)S(C)(=O)=O. The fourth-order valence-corrected chi connectivity index (χ4v) is 3.76. The molecule has 1 aromatic rings. The highest BCUT2D eigenvalue weighted by Crippen LogP contribution is 2.33. The zero-order valence-electron chi connectivity index (χ0n) is 14.4. The van der Waals surface area contributed by atoms with E-state index < -0.39 is 10.0 Å². The van der Waals surface area contributed by atoms with Crippen molar-refractivity contribution in [3.8, 4) is 0 Å². The van der Waals surface area contributed by atoms with Gasteiger partial charge in [0.15, 0.2) is 0 Å². The van der Waals surface area contributed by atoms with Crippen molar-refractivity contribution in [1.82, 2.24) is 4.90 Å². The van der Waals surface area contributed by atoms with Gasteiger partial charge in [0.2, 0.25) is 15.9 Å². The molecule has 23 heavy (non-hydrogen) atoms. The highest BCUT2D eigenvalue weighted by atomic mass is 32.2. The van der Waals surface area contributed by atoms with Crippen LogP contribution in [-0.4, -0.2) is 45.1 Å². The summed E-state index contributed by atoms with van der Waals surface area (Å²) in [5.41, 5.74) is 1.30. The smallest absolute Gasteiger partial charge is 0.243 e. The first kappa shape index (κ1) is 17.8. The minimum absolute atomic E-state index is 0.128. The molecule has 1 fully saturated rings. The maximum atomic E-state index is 12.5. The third-order valence-electron chi connectivity index (χ3n) is 4.12. The molecule has 0 bridgehead atoms. The number of carbonyl (C=O) groups is 1. The molecule has 0 aliphatic carbocycles. The second-order valence-corrected chi connectivity index (χ2v) is 9.03. The van der Waals surface area contributed by atoms with Crippen LogP contribution in [0.25, 0.3) is 0 Å². The molecule has 1 aromatic carbocycles. The Morgan fingerprint density at radius 2 is 1.74 bits per heavy atom. The number of hydrogen-bond acceptors (Lipinski definition) is 3. The average molecular weight is 338 g/mol. The summed E-state index contributed by atoms with van der Waals surface area (Å²) >= 11 is 0. The van der Waals surface area contributed by atoms with Gasteiger partial charge in [0.1, 0.15) is 6.54 Å². The molecular weight excluding hydrogens is 312 g/mol. The Bertz CT molecular complexity index is 671. The Labute approximate surface area is 139 Å². The van der Waals surface area contributed by atoms with Crippen molar-refractivity contribution in [1.29, 1.82) is 0 Å². The van der Waals surface area contributed by atoms with Crippen LogP contribution in [0.2, 0.25) is 0 Å². The van der Waals surface area contributed by atoms with E-state index >= 15 is 0 Å². The molecule has 1 aliphatic rings. The number of carbonyl (C=O) groups excluding carboxylic acids is 1. The topological polar surface area (TPSA) is 57.7 Å². The van der Waals surface area contributed by atoms with Crippen molar-refractivity contribution in [2.75, 3.05) is 30.2 Å². The van der Waals surface area contributed by atoms with Crippen molar-refractivity contribution < 1.29 is 13.2 Å². The molecule has 0 saturated carbocycles. The molecule has 0 aromatic heterocycles. The Kier molecular flexibility index (Phi) is 5.04. The second-order valence-electron chi connectivity index (χ2n) is 7.12. The van der Waals surface area contributed by atoms with Gasteiger partial charge in [-0.3, -0.25) is 9.10 Å². The van der Waals surface area contributed by atoms with Crippen LogP contribution in [0.4, 0.5) is 5.69 Å². The highest BCUT2D eigenvalue weighted by Gasteiger charge is 2.29. The third-order valence-corrected chi connectivity index (χ3v) is 5.25. The highest BCUT2D eigenvalue weighted by molar-refractivity contribution is 7.92. The lowest BCUT2D eigenvalue weighted by Gasteiger charge is -2.30. The summed E-state index contributed by atoms with van der Waals surface area (Å²) < 4.78 is 25.9. The largest absolute Gasteiger partial charge is 0.341 e.